The van der Waals surface area contributed by atoms with Crippen molar-refractivity contribution in [3.8, 4) is 0 Å². The fourth-order valence-corrected chi connectivity index (χ4v) is 3.60. The van der Waals surface area contributed by atoms with E-state index < -0.39 is 22.6 Å². The maximum absolute atomic E-state index is 11.4. The number of benzene rings is 1. The van der Waals surface area contributed by atoms with Crippen molar-refractivity contribution in [2.45, 2.75) is 31.6 Å². The Morgan fingerprint density at radius 1 is 1.35 bits per heavy atom. The Labute approximate surface area is 125 Å². The molecule has 1 aromatic rings. The zero-order valence-corrected chi connectivity index (χ0v) is 12.7. The first-order valence-corrected chi connectivity index (χ1v) is 7.43. The van der Waals surface area contributed by atoms with E-state index in [4.69, 9.17) is 7.85 Å². The number of amides is 1. The molecule has 1 aromatic carbocycles. The molecule has 0 saturated carbocycles. The van der Waals surface area contributed by atoms with Crippen LogP contribution in [0.1, 0.15) is 26.3 Å². The molecule has 2 radical (unpaired) electrons. The highest BCUT2D eigenvalue weighted by molar-refractivity contribution is 8.00. The lowest BCUT2D eigenvalue weighted by Gasteiger charge is -2.31. The van der Waals surface area contributed by atoms with Crippen LogP contribution in [0.2, 0.25) is 0 Å². The SMILES string of the molecule is CC.[B]C(=O)N1CSC(C)(c2ccccc2)C1C(=O)O. The van der Waals surface area contributed by atoms with Crippen molar-refractivity contribution < 1.29 is 14.7 Å². The summed E-state index contributed by atoms with van der Waals surface area (Å²) in [7, 11) is 5.24. The minimum absolute atomic E-state index is 0.289. The molecule has 1 amide bonds. The van der Waals surface area contributed by atoms with E-state index in [1.165, 1.54) is 16.7 Å². The van der Waals surface area contributed by atoms with E-state index in [1.54, 1.807) is 0 Å². The summed E-state index contributed by atoms with van der Waals surface area (Å²) in [5, 5.41) is 9.37. The fourth-order valence-electron chi connectivity index (χ4n) is 2.22. The van der Waals surface area contributed by atoms with Gasteiger partial charge in [-0.3, -0.25) is 4.79 Å². The molecule has 0 bridgehead atoms. The quantitative estimate of drug-likeness (QED) is 0.851. The van der Waals surface area contributed by atoms with Crippen molar-refractivity contribution in [3.63, 3.8) is 0 Å². The summed E-state index contributed by atoms with van der Waals surface area (Å²) < 4.78 is -0.678. The van der Waals surface area contributed by atoms with Gasteiger partial charge in [-0.15, -0.1) is 11.8 Å². The first kappa shape index (κ1) is 16.6. The number of hydrogen-bond donors (Lipinski definition) is 1. The fraction of sp³-hybridized carbons (Fsp3) is 0.429. The topological polar surface area (TPSA) is 57.6 Å². The first-order valence-electron chi connectivity index (χ1n) is 6.45. The third-order valence-corrected chi connectivity index (χ3v) is 4.67. The minimum atomic E-state index is -1.04. The molecule has 0 aliphatic carbocycles. The van der Waals surface area contributed by atoms with Crippen molar-refractivity contribution in [2.75, 3.05) is 5.88 Å². The molecule has 1 heterocycles. The van der Waals surface area contributed by atoms with Crippen LogP contribution in [0.3, 0.4) is 0 Å². The van der Waals surface area contributed by atoms with Crippen molar-refractivity contribution in [1.29, 1.82) is 0 Å². The minimum Gasteiger partial charge on any atom is -0.480 e. The molecule has 106 valence electrons. The Balaban J connectivity index is 0.000000956. The number of carboxylic acid groups (broad SMARTS) is 1. The number of rotatable bonds is 2. The number of hydrogen-bond acceptors (Lipinski definition) is 3. The first-order chi connectivity index (χ1) is 9.47. The monoisotopic (exact) mass is 291 g/mol. The standard InChI is InChI=1S/C12H12BNO3S.C2H6/c1-12(8-5-3-2-4-6-8)9(10(15)16)14(7-18-12)11(13)17;1-2/h2-6,9H,7H2,1H3,(H,15,16);1-2H3. The van der Waals surface area contributed by atoms with Gasteiger partial charge < -0.3 is 10.0 Å². The second kappa shape index (κ2) is 6.84. The molecule has 2 atom stereocenters. The summed E-state index contributed by atoms with van der Waals surface area (Å²) in [5.74, 6) is -1.45. The molecule has 1 aliphatic heterocycles. The summed E-state index contributed by atoms with van der Waals surface area (Å²) in [6.07, 6.45) is 0. The number of carboxylic acids is 1. The van der Waals surface area contributed by atoms with Crippen LogP contribution < -0.4 is 0 Å². The smallest absolute Gasteiger partial charge is 0.328 e. The summed E-state index contributed by atoms with van der Waals surface area (Å²) >= 11 is 1.41. The van der Waals surface area contributed by atoms with Crippen molar-refractivity contribution in [2.24, 2.45) is 0 Å². The van der Waals surface area contributed by atoms with Gasteiger partial charge in [-0.1, -0.05) is 44.2 Å². The van der Waals surface area contributed by atoms with Crippen LogP contribution in [0.25, 0.3) is 0 Å². The molecule has 2 rings (SSSR count). The van der Waals surface area contributed by atoms with Gasteiger partial charge in [-0.25, -0.2) is 4.79 Å². The molecule has 1 N–H and O–H groups in total. The van der Waals surface area contributed by atoms with E-state index in [9.17, 15) is 14.7 Å². The second-order valence-corrected chi connectivity index (χ2v) is 5.69. The van der Waals surface area contributed by atoms with E-state index >= 15 is 0 Å². The molecular formula is C14H18BNO3S. The molecule has 2 unspecified atom stereocenters. The van der Waals surface area contributed by atoms with Crippen LogP contribution in [0.5, 0.6) is 0 Å². The average Bonchev–Trinajstić information content (AvgIpc) is 2.81. The third kappa shape index (κ3) is 3.01. The highest BCUT2D eigenvalue weighted by atomic mass is 32.2. The van der Waals surface area contributed by atoms with Gasteiger partial charge in [0.1, 0.15) is 6.04 Å². The van der Waals surface area contributed by atoms with Crippen LogP contribution in [-0.2, 0) is 9.54 Å². The van der Waals surface area contributed by atoms with Gasteiger partial charge in [0, 0.05) is 0 Å². The van der Waals surface area contributed by atoms with Crippen molar-refractivity contribution in [3.05, 3.63) is 35.9 Å². The van der Waals surface area contributed by atoms with Crippen LogP contribution in [0, 0.1) is 0 Å². The summed E-state index contributed by atoms with van der Waals surface area (Å²) in [6, 6.07) is 8.37. The molecule has 0 aromatic heterocycles. The van der Waals surface area contributed by atoms with Crippen LogP contribution >= 0.6 is 11.8 Å². The number of thioether (sulfide) groups is 1. The highest BCUT2D eigenvalue weighted by Gasteiger charge is 2.50. The van der Waals surface area contributed by atoms with Gasteiger partial charge in [-0.2, -0.15) is 0 Å². The van der Waals surface area contributed by atoms with E-state index in [1.807, 2.05) is 51.1 Å². The van der Waals surface area contributed by atoms with Crippen LogP contribution in [0.4, 0.5) is 4.79 Å². The predicted octanol–water partition coefficient (Wildman–Crippen LogP) is 2.68. The lowest BCUT2D eigenvalue weighted by Crippen LogP contribution is -2.48. The number of carbonyl (C=O) groups excluding carboxylic acids is 1. The van der Waals surface area contributed by atoms with Gasteiger partial charge in [0.2, 0.25) is 7.85 Å². The lowest BCUT2D eigenvalue weighted by atomic mass is 9.90. The largest absolute Gasteiger partial charge is 0.480 e. The van der Waals surface area contributed by atoms with E-state index in [2.05, 4.69) is 0 Å². The molecule has 1 fully saturated rings. The highest BCUT2D eigenvalue weighted by Crippen LogP contribution is 2.47. The van der Waals surface area contributed by atoms with Crippen LogP contribution in [-0.4, -0.2) is 41.5 Å². The molecule has 4 nitrogen and oxygen atoms in total. The normalized spacial score (nSPS) is 24.8. The second-order valence-electron chi connectivity index (χ2n) is 4.30. The summed E-state index contributed by atoms with van der Waals surface area (Å²) in [5.41, 5.74) is 0.881. The average molecular weight is 291 g/mol. The Morgan fingerprint density at radius 3 is 2.35 bits per heavy atom. The van der Waals surface area contributed by atoms with Gasteiger partial charge in [-0.05, 0) is 12.5 Å². The molecule has 20 heavy (non-hydrogen) atoms. The molecule has 6 heteroatoms. The van der Waals surface area contributed by atoms with Gasteiger partial charge in [0.15, 0.2) is 5.81 Å². The van der Waals surface area contributed by atoms with Gasteiger partial charge >= 0.3 is 5.97 Å². The van der Waals surface area contributed by atoms with Gasteiger partial charge in [0.25, 0.3) is 0 Å². The Kier molecular flexibility index (Phi) is 5.68. The summed E-state index contributed by atoms with van der Waals surface area (Å²) in [6.45, 7) is 5.83. The Bertz CT molecular complexity index is 483. The lowest BCUT2D eigenvalue weighted by molar-refractivity contribution is -0.142. The summed E-state index contributed by atoms with van der Waals surface area (Å²) in [4.78, 5) is 23.9. The third-order valence-electron chi connectivity index (χ3n) is 3.20. The van der Waals surface area contributed by atoms with Crippen molar-refractivity contribution >= 4 is 31.4 Å². The zero-order chi connectivity index (χ0) is 15.3. The number of aliphatic carboxylic acids is 1. The molecule has 0 spiro atoms. The van der Waals surface area contributed by atoms with Crippen molar-refractivity contribution in [1.82, 2.24) is 4.90 Å². The number of carbonyl (C=O) groups is 2. The van der Waals surface area contributed by atoms with E-state index in [-0.39, 0.29) is 5.88 Å². The maximum atomic E-state index is 11.4. The van der Waals surface area contributed by atoms with E-state index in [0.717, 1.165) is 5.56 Å². The predicted molar refractivity (Wildman–Crippen MR) is 82.0 cm³/mol. The Hall–Kier alpha value is -1.43. The molecular weight excluding hydrogens is 273 g/mol. The zero-order valence-electron chi connectivity index (χ0n) is 11.9. The maximum Gasteiger partial charge on any atom is 0.328 e. The van der Waals surface area contributed by atoms with Gasteiger partial charge in [0.05, 0.1) is 10.6 Å². The van der Waals surface area contributed by atoms with E-state index in [0.29, 0.717) is 0 Å². The molecule has 1 aliphatic rings. The Morgan fingerprint density at radius 2 is 1.90 bits per heavy atom. The molecule has 1 saturated heterocycles. The number of nitrogens with zero attached hydrogens (tertiary/aromatic N) is 1. The van der Waals surface area contributed by atoms with Crippen LogP contribution in [0.15, 0.2) is 30.3 Å².